The van der Waals surface area contributed by atoms with E-state index >= 15 is 0 Å². The molecule has 0 aliphatic carbocycles. The summed E-state index contributed by atoms with van der Waals surface area (Å²) in [6, 6.07) is 0. The van der Waals surface area contributed by atoms with Crippen molar-refractivity contribution in [1.82, 2.24) is 0 Å². The number of nitrogens with one attached hydrogen (secondary N) is 1. The van der Waals surface area contributed by atoms with Gasteiger partial charge in [-0.25, -0.2) is 0 Å². The Morgan fingerprint density at radius 3 is 2.60 bits per heavy atom. The molecule has 2 nitrogen and oxygen atoms in total. The first-order valence-electron chi connectivity index (χ1n) is 3.10. The quantitative estimate of drug-likeness (QED) is 0.363. The standard InChI is InChI=1S/C6H11B2NO/c1-4(3-10)2-5(9)6(7)8/h2,7,9-10H,3,8H2,1H3/b4-2+,9-5?. The van der Waals surface area contributed by atoms with Gasteiger partial charge in [-0.3, -0.25) is 0 Å². The molecule has 0 bridgehead atoms. The van der Waals surface area contributed by atoms with Crippen molar-refractivity contribution in [2.75, 3.05) is 6.61 Å². The van der Waals surface area contributed by atoms with E-state index in [1.54, 1.807) is 20.8 Å². The zero-order valence-corrected chi connectivity index (χ0v) is 6.44. The molecule has 0 aromatic rings. The molecule has 0 saturated carbocycles. The second kappa shape index (κ2) is 4.23. The van der Waals surface area contributed by atoms with Crippen LogP contribution in [0.4, 0.5) is 0 Å². The normalized spacial score (nSPS) is 11.1. The fraction of sp³-hybridized carbons (Fsp3) is 0.333. The van der Waals surface area contributed by atoms with E-state index in [-0.39, 0.29) is 6.61 Å². The second-order valence-electron chi connectivity index (χ2n) is 2.34. The topological polar surface area (TPSA) is 44.1 Å². The van der Waals surface area contributed by atoms with Gasteiger partial charge in [-0.1, -0.05) is 0 Å². The number of rotatable bonds is 3. The molecule has 0 radical (unpaired) electrons. The van der Waals surface area contributed by atoms with Gasteiger partial charge in [0.15, 0.2) is 0 Å². The first-order valence-corrected chi connectivity index (χ1v) is 3.10. The molecule has 10 heavy (non-hydrogen) atoms. The zero-order valence-electron chi connectivity index (χ0n) is 6.44. The fourth-order valence-electron chi connectivity index (χ4n) is 0.415. The molecule has 4 heteroatoms. The number of allylic oxidation sites excluding steroid dienone is 1. The van der Waals surface area contributed by atoms with Gasteiger partial charge in [0, 0.05) is 0 Å². The van der Waals surface area contributed by atoms with Crippen molar-refractivity contribution in [3.63, 3.8) is 0 Å². The van der Waals surface area contributed by atoms with Crippen LogP contribution in [0.3, 0.4) is 0 Å². The SMILES string of the molecule is B=C(B)C(=N)/C=C(\C)CO. The summed E-state index contributed by atoms with van der Waals surface area (Å²) in [5, 5.41) is 16.6. The summed E-state index contributed by atoms with van der Waals surface area (Å²) >= 11 is 0. The van der Waals surface area contributed by atoms with Crippen molar-refractivity contribution in [1.29, 1.82) is 5.41 Å². The molecule has 0 heterocycles. The van der Waals surface area contributed by atoms with E-state index in [1.165, 1.54) is 0 Å². The Morgan fingerprint density at radius 2 is 2.30 bits per heavy atom. The predicted molar refractivity (Wildman–Crippen MR) is 49.3 cm³/mol. The van der Waals surface area contributed by atoms with E-state index in [2.05, 4.69) is 7.49 Å². The summed E-state index contributed by atoms with van der Waals surface area (Å²) in [6.07, 6.45) is 1.61. The number of aliphatic hydroxyl groups is 1. The van der Waals surface area contributed by atoms with Crippen molar-refractivity contribution < 1.29 is 5.11 Å². The molecule has 0 rings (SSSR count). The van der Waals surface area contributed by atoms with Crippen LogP contribution in [0.25, 0.3) is 0 Å². The monoisotopic (exact) mass is 135 g/mol. The van der Waals surface area contributed by atoms with Gasteiger partial charge in [0.05, 0.1) is 0 Å². The van der Waals surface area contributed by atoms with Gasteiger partial charge in [-0.2, -0.15) is 0 Å². The van der Waals surface area contributed by atoms with Crippen molar-refractivity contribution >= 4 is 26.4 Å². The van der Waals surface area contributed by atoms with Crippen LogP contribution in [-0.4, -0.2) is 38.1 Å². The Bertz CT molecular complexity index is 186. The third kappa shape index (κ3) is 3.41. The van der Waals surface area contributed by atoms with E-state index < -0.39 is 0 Å². The van der Waals surface area contributed by atoms with Crippen LogP contribution in [0.1, 0.15) is 6.92 Å². The summed E-state index contributed by atoms with van der Waals surface area (Å²) in [4.78, 5) is 0. The number of hydrogen-bond donors (Lipinski definition) is 2. The molecule has 52 valence electrons. The first-order chi connectivity index (χ1) is 4.57. The van der Waals surface area contributed by atoms with Gasteiger partial charge in [0.25, 0.3) is 0 Å². The van der Waals surface area contributed by atoms with Gasteiger partial charge in [0.1, 0.15) is 0 Å². The van der Waals surface area contributed by atoms with E-state index in [0.717, 1.165) is 5.57 Å². The molecule has 0 aliphatic rings. The molecule has 0 aromatic carbocycles. The van der Waals surface area contributed by atoms with Gasteiger partial charge >= 0.3 is 62.1 Å². The van der Waals surface area contributed by atoms with Crippen LogP contribution in [0.5, 0.6) is 0 Å². The molecule has 0 unspecified atom stereocenters. The molecule has 0 aromatic heterocycles. The molecular formula is C6H11B2NO. The summed E-state index contributed by atoms with van der Waals surface area (Å²) in [6.45, 7) is 1.78. The molecule has 0 aliphatic heterocycles. The summed E-state index contributed by atoms with van der Waals surface area (Å²) in [7, 11) is 5.36. The maximum atomic E-state index is 8.57. The Balaban J connectivity index is 4.13. The molecule has 0 fully saturated rings. The van der Waals surface area contributed by atoms with Crippen LogP contribution >= 0.6 is 0 Å². The summed E-state index contributed by atoms with van der Waals surface area (Å²) < 4.78 is 0. The van der Waals surface area contributed by atoms with E-state index in [0.29, 0.717) is 11.1 Å². The van der Waals surface area contributed by atoms with Crippen molar-refractivity contribution in [3.8, 4) is 0 Å². The average molecular weight is 135 g/mol. The molecular weight excluding hydrogens is 124 g/mol. The van der Waals surface area contributed by atoms with Crippen molar-refractivity contribution in [3.05, 3.63) is 11.6 Å². The third-order valence-electron chi connectivity index (χ3n) is 1.10. The first kappa shape index (κ1) is 9.37. The van der Waals surface area contributed by atoms with Gasteiger partial charge < -0.3 is 0 Å². The predicted octanol–water partition coefficient (Wildman–Crippen LogP) is -1.39. The van der Waals surface area contributed by atoms with Crippen molar-refractivity contribution in [2.45, 2.75) is 6.92 Å². The fourth-order valence-corrected chi connectivity index (χ4v) is 0.415. The van der Waals surface area contributed by atoms with Gasteiger partial charge in [-0.15, -0.1) is 0 Å². The molecule has 0 saturated heterocycles. The number of aliphatic hydroxyl groups excluding tert-OH is 1. The Kier molecular flexibility index (Phi) is 3.96. The number of hydrogen-bond acceptors (Lipinski definition) is 2. The minimum absolute atomic E-state index is 0.00958. The van der Waals surface area contributed by atoms with E-state index in [4.69, 9.17) is 10.5 Å². The van der Waals surface area contributed by atoms with E-state index in [1.807, 2.05) is 0 Å². The second-order valence-corrected chi connectivity index (χ2v) is 2.34. The van der Waals surface area contributed by atoms with Crippen LogP contribution in [-0.2, 0) is 0 Å². The van der Waals surface area contributed by atoms with Crippen LogP contribution in [0, 0.1) is 5.41 Å². The minimum atomic E-state index is 0.00958. The van der Waals surface area contributed by atoms with Gasteiger partial charge in [-0.05, 0) is 0 Å². The zero-order chi connectivity index (χ0) is 8.15. The summed E-state index contributed by atoms with van der Waals surface area (Å²) in [5.41, 5.74) is 1.17. The molecule has 0 spiro atoms. The molecule has 2 N–H and O–H groups in total. The van der Waals surface area contributed by atoms with Crippen LogP contribution < -0.4 is 0 Å². The molecule has 0 atom stereocenters. The van der Waals surface area contributed by atoms with E-state index in [9.17, 15) is 0 Å². The van der Waals surface area contributed by atoms with Crippen LogP contribution in [0.15, 0.2) is 11.6 Å². The average Bonchev–Trinajstić information content (AvgIpc) is 1.87. The maximum absolute atomic E-state index is 8.57. The summed E-state index contributed by atoms with van der Waals surface area (Å²) in [5.74, 6) is 0. The van der Waals surface area contributed by atoms with Crippen molar-refractivity contribution in [2.24, 2.45) is 0 Å². The van der Waals surface area contributed by atoms with Gasteiger partial charge in [0.2, 0.25) is 0 Å². The Labute approximate surface area is 62.9 Å². The molecule has 0 amide bonds. The third-order valence-corrected chi connectivity index (χ3v) is 1.10. The Hall–Kier alpha value is -0.630. The Morgan fingerprint density at radius 1 is 1.80 bits per heavy atom. The van der Waals surface area contributed by atoms with Crippen LogP contribution in [0.2, 0.25) is 0 Å².